The second-order valence-electron chi connectivity index (χ2n) is 7.09. The van der Waals surface area contributed by atoms with Gasteiger partial charge in [-0.15, -0.1) is 23.1 Å². The standard InChI is InChI=1S/C20H25N3OS2/c1-15-21-18(13-25-15)12-22-7-9-23(10-8-22)20(24)14-26-19-6-5-16-3-2-4-17(16)11-19/h5-6,11,13H,2-4,7-10,12,14H2,1H3. The van der Waals surface area contributed by atoms with Gasteiger partial charge in [0.25, 0.3) is 0 Å². The van der Waals surface area contributed by atoms with Crippen molar-refractivity contribution in [3.8, 4) is 0 Å². The second kappa shape index (κ2) is 8.11. The molecular formula is C20H25N3OS2. The van der Waals surface area contributed by atoms with Crippen LogP contribution in [0.5, 0.6) is 0 Å². The van der Waals surface area contributed by atoms with E-state index in [4.69, 9.17) is 0 Å². The maximum atomic E-state index is 12.5. The predicted octanol–water partition coefficient (Wildman–Crippen LogP) is 3.38. The number of carbonyl (C=O) groups is 1. The number of rotatable bonds is 5. The molecule has 1 aromatic carbocycles. The van der Waals surface area contributed by atoms with E-state index in [-0.39, 0.29) is 5.91 Å². The third-order valence-electron chi connectivity index (χ3n) is 5.21. The van der Waals surface area contributed by atoms with Gasteiger partial charge in [-0.2, -0.15) is 0 Å². The lowest BCUT2D eigenvalue weighted by molar-refractivity contribution is -0.130. The molecule has 0 radical (unpaired) electrons. The lowest BCUT2D eigenvalue weighted by Gasteiger charge is -2.34. The van der Waals surface area contributed by atoms with E-state index in [0.717, 1.165) is 43.4 Å². The van der Waals surface area contributed by atoms with Gasteiger partial charge in [0, 0.05) is 43.0 Å². The summed E-state index contributed by atoms with van der Waals surface area (Å²) in [6.07, 6.45) is 3.68. The van der Waals surface area contributed by atoms with E-state index in [1.165, 1.54) is 35.3 Å². The van der Waals surface area contributed by atoms with Crippen LogP contribution in [-0.4, -0.2) is 52.6 Å². The first-order chi connectivity index (χ1) is 12.7. The van der Waals surface area contributed by atoms with Crippen molar-refractivity contribution in [1.82, 2.24) is 14.8 Å². The largest absolute Gasteiger partial charge is 0.339 e. The van der Waals surface area contributed by atoms with Gasteiger partial charge in [-0.3, -0.25) is 9.69 Å². The van der Waals surface area contributed by atoms with E-state index < -0.39 is 0 Å². The Morgan fingerprint density at radius 2 is 2.00 bits per heavy atom. The number of thioether (sulfide) groups is 1. The van der Waals surface area contributed by atoms with Crippen molar-refractivity contribution < 1.29 is 4.79 Å². The van der Waals surface area contributed by atoms with E-state index in [1.54, 1.807) is 23.1 Å². The van der Waals surface area contributed by atoms with Crippen molar-refractivity contribution in [3.63, 3.8) is 0 Å². The number of piperazine rings is 1. The van der Waals surface area contributed by atoms with Crippen LogP contribution in [-0.2, 0) is 24.2 Å². The summed E-state index contributed by atoms with van der Waals surface area (Å²) in [6.45, 7) is 6.47. The lowest BCUT2D eigenvalue weighted by atomic mass is 10.1. The van der Waals surface area contributed by atoms with Crippen LogP contribution in [0.15, 0.2) is 28.5 Å². The minimum absolute atomic E-state index is 0.264. The van der Waals surface area contributed by atoms with Crippen LogP contribution in [0.25, 0.3) is 0 Å². The van der Waals surface area contributed by atoms with Crippen molar-refractivity contribution in [2.24, 2.45) is 0 Å². The molecule has 1 aliphatic heterocycles. The van der Waals surface area contributed by atoms with Crippen LogP contribution in [0.4, 0.5) is 0 Å². The van der Waals surface area contributed by atoms with E-state index in [0.29, 0.717) is 5.75 Å². The Balaban J connectivity index is 1.23. The molecule has 0 atom stereocenters. The fourth-order valence-electron chi connectivity index (χ4n) is 3.74. The molecule has 4 rings (SSSR count). The molecule has 0 spiro atoms. The highest BCUT2D eigenvalue weighted by Gasteiger charge is 2.22. The zero-order chi connectivity index (χ0) is 17.9. The summed E-state index contributed by atoms with van der Waals surface area (Å²) in [7, 11) is 0. The van der Waals surface area contributed by atoms with Gasteiger partial charge in [0.1, 0.15) is 0 Å². The van der Waals surface area contributed by atoms with Crippen molar-refractivity contribution in [1.29, 1.82) is 0 Å². The average molecular weight is 388 g/mol. The Morgan fingerprint density at radius 3 is 2.77 bits per heavy atom. The molecule has 6 heteroatoms. The number of fused-ring (bicyclic) bond motifs is 1. The van der Waals surface area contributed by atoms with Crippen LogP contribution >= 0.6 is 23.1 Å². The van der Waals surface area contributed by atoms with Crippen LogP contribution < -0.4 is 0 Å². The molecule has 2 heterocycles. The second-order valence-corrected chi connectivity index (χ2v) is 9.20. The van der Waals surface area contributed by atoms with Crippen LogP contribution in [0, 0.1) is 6.92 Å². The number of thiazole rings is 1. The Kier molecular flexibility index (Phi) is 5.62. The van der Waals surface area contributed by atoms with Crippen molar-refractivity contribution in [3.05, 3.63) is 45.4 Å². The number of amides is 1. The van der Waals surface area contributed by atoms with Gasteiger partial charge in [-0.25, -0.2) is 4.98 Å². The maximum Gasteiger partial charge on any atom is 0.233 e. The van der Waals surface area contributed by atoms with Crippen molar-refractivity contribution in [2.45, 2.75) is 37.6 Å². The third-order valence-corrected chi connectivity index (χ3v) is 7.01. The highest BCUT2D eigenvalue weighted by Crippen LogP contribution is 2.27. The highest BCUT2D eigenvalue weighted by molar-refractivity contribution is 8.00. The number of benzene rings is 1. The number of carbonyl (C=O) groups excluding carboxylic acids is 1. The van der Waals surface area contributed by atoms with Crippen LogP contribution in [0.1, 0.15) is 28.2 Å². The number of hydrogen-bond donors (Lipinski definition) is 0. The smallest absolute Gasteiger partial charge is 0.233 e. The third kappa shape index (κ3) is 4.30. The van der Waals surface area contributed by atoms with Gasteiger partial charge < -0.3 is 4.90 Å². The van der Waals surface area contributed by atoms with Gasteiger partial charge in [0.05, 0.1) is 16.5 Å². The molecule has 2 aliphatic rings. The number of aromatic nitrogens is 1. The molecule has 1 fully saturated rings. The Hall–Kier alpha value is -1.37. The average Bonchev–Trinajstić information content (AvgIpc) is 3.28. The first kappa shape index (κ1) is 18.0. The van der Waals surface area contributed by atoms with E-state index in [9.17, 15) is 4.79 Å². The van der Waals surface area contributed by atoms with E-state index >= 15 is 0 Å². The van der Waals surface area contributed by atoms with Crippen molar-refractivity contribution in [2.75, 3.05) is 31.9 Å². The fraction of sp³-hybridized carbons (Fsp3) is 0.500. The van der Waals surface area contributed by atoms with Gasteiger partial charge in [0.15, 0.2) is 0 Å². The molecule has 1 amide bonds. The molecule has 1 aromatic heterocycles. The summed E-state index contributed by atoms with van der Waals surface area (Å²) >= 11 is 3.39. The molecular weight excluding hydrogens is 362 g/mol. The summed E-state index contributed by atoms with van der Waals surface area (Å²) in [6, 6.07) is 6.71. The molecule has 0 unspecified atom stereocenters. The molecule has 0 saturated carbocycles. The molecule has 4 nitrogen and oxygen atoms in total. The number of hydrogen-bond acceptors (Lipinski definition) is 5. The van der Waals surface area contributed by atoms with Gasteiger partial charge in [0.2, 0.25) is 5.91 Å². The van der Waals surface area contributed by atoms with E-state index in [2.05, 4.69) is 33.5 Å². The molecule has 1 saturated heterocycles. The van der Waals surface area contributed by atoms with Crippen LogP contribution in [0.3, 0.4) is 0 Å². The summed E-state index contributed by atoms with van der Waals surface area (Å²) in [5.41, 5.74) is 4.12. The zero-order valence-electron chi connectivity index (χ0n) is 15.2. The topological polar surface area (TPSA) is 36.4 Å². The molecule has 0 N–H and O–H groups in total. The summed E-state index contributed by atoms with van der Waals surface area (Å²) in [5.74, 6) is 0.809. The Bertz CT molecular complexity index is 781. The summed E-state index contributed by atoms with van der Waals surface area (Å²) < 4.78 is 0. The van der Waals surface area contributed by atoms with Gasteiger partial charge >= 0.3 is 0 Å². The first-order valence-electron chi connectivity index (χ1n) is 9.33. The molecule has 26 heavy (non-hydrogen) atoms. The monoisotopic (exact) mass is 387 g/mol. The lowest BCUT2D eigenvalue weighted by Crippen LogP contribution is -2.48. The normalized spacial score (nSPS) is 17.5. The minimum atomic E-state index is 0.264. The molecule has 1 aliphatic carbocycles. The predicted molar refractivity (Wildman–Crippen MR) is 108 cm³/mol. The number of aryl methyl sites for hydroxylation is 3. The molecule has 2 aromatic rings. The van der Waals surface area contributed by atoms with Gasteiger partial charge in [-0.1, -0.05) is 6.07 Å². The van der Waals surface area contributed by atoms with Crippen molar-refractivity contribution >= 4 is 29.0 Å². The Morgan fingerprint density at radius 1 is 1.19 bits per heavy atom. The summed E-state index contributed by atoms with van der Waals surface area (Å²) in [5, 5.41) is 3.26. The minimum Gasteiger partial charge on any atom is -0.339 e. The highest BCUT2D eigenvalue weighted by atomic mass is 32.2. The maximum absolute atomic E-state index is 12.5. The fourth-order valence-corrected chi connectivity index (χ4v) is 5.21. The van der Waals surface area contributed by atoms with Crippen LogP contribution in [0.2, 0.25) is 0 Å². The molecule has 0 bridgehead atoms. The van der Waals surface area contributed by atoms with E-state index in [1.807, 2.05) is 11.8 Å². The zero-order valence-corrected chi connectivity index (χ0v) is 16.9. The Labute approximate surface area is 163 Å². The quantitative estimate of drug-likeness (QED) is 0.737. The SMILES string of the molecule is Cc1nc(CN2CCN(C(=O)CSc3ccc4c(c3)CCC4)CC2)cs1. The first-order valence-corrected chi connectivity index (χ1v) is 11.2. The number of nitrogens with zero attached hydrogens (tertiary/aromatic N) is 3. The van der Waals surface area contributed by atoms with Gasteiger partial charge in [-0.05, 0) is 49.4 Å². The molecule has 138 valence electrons. The summed E-state index contributed by atoms with van der Waals surface area (Å²) in [4.78, 5) is 22.7.